The standard InChI is InChI=1S/C19H14N6.3ClH/c1-2-9-22-16(5-1)17-12-21-13-19(24-17)25-18-7-6-15(11-23-18)14-4-3-8-20-10-14;;;/h1-13H,(H,23,24,25);3*1H. The molecule has 0 aliphatic carbocycles. The van der Waals surface area contributed by atoms with Gasteiger partial charge in [-0.3, -0.25) is 15.0 Å². The van der Waals surface area contributed by atoms with E-state index in [1.807, 2.05) is 48.7 Å². The normalized spacial score (nSPS) is 9.29. The molecule has 6 nitrogen and oxygen atoms in total. The Morgan fingerprint density at radius 2 is 1.43 bits per heavy atom. The first-order chi connectivity index (χ1) is 12.4. The topological polar surface area (TPSA) is 76.5 Å². The van der Waals surface area contributed by atoms with Crippen LogP contribution in [0.25, 0.3) is 22.5 Å². The molecule has 4 aromatic heterocycles. The molecule has 4 rings (SSSR count). The molecule has 0 saturated carbocycles. The predicted octanol–water partition coefficient (Wildman–Crippen LogP) is 5.00. The maximum Gasteiger partial charge on any atom is 0.150 e. The molecule has 4 aromatic rings. The number of hydrogen-bond acceptors (Lipinski definition) is 6. The van der Waals surface area contributed by atoms with Crippen molar-refractivity contribution in [1.29, 1.82) is 0 Å². The molecule has 4 heterocycles. The van der Waals surface area contributed by atoms with Gasteiger partial charge in [-0.1, -0.05) is 12.1 Å². The predicted molar refractivity (Wildman–Crippen MR) is 118 cm³/mol. The second-order valence-electron chi connectivity index (χ2n) is 5.30. The van der Waals surface area contributed by atoms with Crippen molar-refractivity contribution < 1.29 is 0 Å². The van der Waals surface area contributed by atoms with Crippen molar-refractivity contribution in [2.75, 3.05) is 5.32 Å². The number of anilines is 2. The fourth-order valence-corrected chi connectivity index (χ4v) is 2.37. The van der Waals surface area contributed by atoms with Crippen LogP contribution in [0.4, 0.5) is 11.6 Å². The molecule has 144 valence electrons. The summed E-state index contributed by atoms with van der Waals surface area (Å²) in [5, 5.41) is 3.16. The van der Waals surface area contributed by atoms with Gasteiger partial charge >= 0.3 is 0 Å². The lowest BCUT2D eigenvalue weighted by Crippen LogP contribution is -1.98. The van der Waals surface area contributed by atoms with E-state index >= 15 is 0 Å². The molecule has 0 atom stereocenters. The zero-order chi connectivity index (χ0) is 16.9. The number of nitrogens with zero attached hydrogens (tertiary/aromatic N) is 5. The molecule has 28 heavy (non-hydrogen) atoms. The minimum atomic E-state index is 0. The van der Waals surface area contributed by atoms with E-state index in [4.69, 9.17) is 0 Å². The van der Waals surface area contributed by atoms with Crippen molar-refractivity contribution in [3.05, 3.63) is 79.6 Å². The molecule has 0 radical (unpaired) electrons. The van der Waals surface area contributed by atoms with Gasteiger partial charge in [-0.2, -0.15) is 0 Å². The van der Waals surface area contributed by atoms with E-state index in [0.29, 0.717) is 17.3 Å². The number of nitrogens with one attached hydrogen (secondary N) is 1. The number of hydrogen-bond donors (Lipinski definition) is 1. The molecule has 0 aliphatic rings. The Morgan fingerprint density at radius 1 is 0.571 bits per heavy atom. The molecule has 0 fully saturated rings. The zero-order valence-corrected chi connectivity index (χ0v) is 16.9. The summed E-state index contributed by atoms with van der Waals surface area (Å²) in [6.45, 7) is 0. The quantitative estimate of drug-likeness (QED) is 0.486. The van der Waals surface area contributed by atoms with Gasteiger partial charge < -0.3 is 5.32 Å². The van der Waals surface area contributed by atoms with E-state index in [1.165, 1.54) is 0 Å². The summed E-state index contributed by atoms with van der Waals surface area (Å²) >= 11 is 0. The smallest absolute Gasteiger partial charge is 0.150 e. The molecule has 0 aromatic carbocycles. The van der Waals surface area contributed by atoms with Crippen molar-refractivity contribution in [3.63, 3.8) is 0 Å². The van der Waals surface area contributed by atoms with Crippen LogP contribution in [0, 0.1) is 0 Å². The molecule has 9 heteroatoms. The van der Waals surface area contributed by atoms with Gasteiger partial charge in [-0.05, 0) is 30.3 Å². The van der Waals surface area contributed by atoms with Crippen molar-refractivity contribution in [3.8, 4) is 22.5 Å². The van der Waals surface area contributed by atoms with Gasteiger partial charge in [0, 0.05) is 35.9 Å². The summed E-state index contributed by atoms with van der Waals surface area (Å²) in [6.07, 6.45) is 10.4. The van der Waals surface area contributed by atoms with Crippen LogP contribution in [-0.2, 0) is 0 Å². The largest absolute Gasteiger partial charge is 0.324 e. The van der Waals surface area contributed by atoms with Crippen molar-refractivity contribution in [2.45, 2.75) is 0 Å². The Kier molecular flexibility index (Phi) is 9.24. The second kappa shape index (κ2) is 11.1. The van der Waals surface area contributed by atoms with E-state index in [9.17, 15) is 0 Å². The summed E-state index contributed by atoms with van der Waals surface area (Å²) in [7, 11) is 0. The summed E-state index contributed by atoms with van der Waals surface area (Å²) in [4.78, 5) is 21.6. The first-order valence-corrected chi connectivity index (χ1v) is 7.75. The van der Waals surface area contributed by atoms with Gasteiger partial charge in [-0.25, -0.2) is 9.97 Å². The Labute approximate surface area is 181 Å². The average Bonchev–Trinajstić information content (AvgIpc) is 2.70. The average molecular weight is 436 g/mol. The van der Waals surface area contributed by atoms with Gasteiger partial charge in [-0.15, -0.1) is 37.2 Å². The number of halogens is 3. The molecule has 0 spiro atoms. The molecule has 0 saturated heterocycles. The monoisotopic (exact) mass is 434 g/mol. The van der Waals surface area contributed by atoms with Gasteiger partial charge in [0.05, 0.1) is 18.1 Å². The maximum atomic E-state index is 4.53. The Bertz CT molecular complexity index is 970. The first-order valence-electron chi connectivity index (χ1n) is 7.75. The van der Waals surface area contributed by atoms with E-state index < -0.39 is 0 Å². The summed E-state index contributed by atoms with van der Waals surface area (Å²) in [5.74, 6) is 1.31. The van der Waals surface area contributed by atoms with E-state index in [-0.39, 0.29) is 37.2 Å². The van der Waals surface area contributed by atoms with Crippen molar-refractivity contribution >= 4 is 48.9 Å². The number of aromatic nitrogens is 5. The molecule has 0 bridgehead atoms. The van der Waals surface area contributed by atoms with E-state index in [2.05, 4.69) is 30.2 Å². The maximum absolute atomic E-state index is 4.53. The second-order valence-corrected chi connectivity index (χ2v) is 5.30. The third-order valence-electron chi connectivity index (χ3n) is 3.58. The molecule has 1 N–H and O–H groups in total. The van der Waals surface area contributed by atoms with Gasteiger partial charge in [0.25, 0.3) is 0 Å². The van der Waals surface area contributed by atoms with Gasteiger partial charge in [0.15, 0.2) is 5.82 Å². The SMILES string of the molecule is Cl.Cl.Cl.c1ccc(-c2cncc(Nc3ccc(-c4cccnc4)cn3)n2)nc1. The van der Waals surface area contributed by atoms with Crippen LogP contribution in [0.1, 0.15) is 0 Å². The number of pyridine rings is 3. The molecular weight excluding hydrogens is 419 g/mol. The minimum absolute atomic E-state index is 0. The van der Waals surface area contributed by atoms with Gasteiger partial charge in [0.2, 0.25) is 0 Å². The van der Waals surface area contributed by atoms with Crippen LogP contribution in [0.2, 0.25) is 0 Å². The highest BCUT2D eigenvalue weighted by Crippen LogP contribution is 2.20. The third-order valence-corrected chi connectivity index (χ3v) is 3.58. The summed E-state index contributed by atoms with van der Waals surface area (Å²) < 4.78 is 0. The lowest BCUT2D eigenvalue weighted by Gasteiger charge is -2.07. The lowest BCUT2D eigenvalue weighted by atomic mass is 10.1. The Morgan fingerprint density at radius 3 is 2.11 bits per heavy atom. The van der Waals surface area contributed by atoms with Crippen LogP contribution in [0.15, 0.2) is 79.6 Å². The summed E-state index contributed by atoms with van der Waals surface area (Å²) in [5.41, 5.74) is 3.52. The Hall–Kier alpha value is -2.80. The lowest BCUT2D eigenvalue weighted by molar-refractivity contribution is 1.16. The fourth-order valence-electron chi connectivity index (χ4n) is 2.37. The van der Waals surface area contributed by atoms with Crippen LogP contribution < -0.4 is 5.32 Å². The highest BCUT2D eigenvalue weighted by molar-refractivity contribution is 5.86. The van der Waals surface area contributed by atoms with Crippen LogP contribution >= 0.6 is 37.2 Å². The first kappa shape index (κ1) is 23.2. The van der Waals surface area contributed by atoms with E-state index in [1.54, 1.807) is 31.0 Å². The van der Waals surface area contributed by atoms with Gasteiger partial charge in [0.1, 0.15) is 11.5 Å². The molecule has 0 unspecified atom stereocenters. The van der Waals surface area contributed by atoms with Crippen molar-refractivity contribution in [2.24, 2.45) is 0 Å². The summed E-state index contributed by atoms with van der Waals surface area (Å²) in [6, 6.07) is 13.5. The third kappa shape index (κ3) is 5.60. The fraction of sp³-hybridized carbons (Fsp3) is 0. The molecular formula is C19H17Cl3N6. The minimum Gasteiger partial charge on any atom is -0.324 e. The Balaban J connectivity index is 0.00000131. The van der Waals surface area contributed by atoms with Crippen LogP contribution in [0.3, 0.4) is 0 Å². The van der Waals surface area contributed by atoms with Crippen LogP contribution in [0.5, 0.6) is 0 Å². The number of rotatable bonds is 4. The highest BCUT2D eigenvalue weighted by Gasteiger charge is 2.04. The zero-order valence-electron chi connectivity index (χ0n) is 14.5. The molecule has 0 aliphatic heterocycles. The molecule has 0 amide bonds. The van der Waals surface area contributed by atoms with Crippen LogP contribution in [-0.4, -0.2) is 24.9 Å². The van der Waals surface area contributed by atoms with Crippen molar-refractivity contribution in [1.82, 2.24) is 24.9 Å². The highest BCUT2D eigenvalue weighted by atomic mass is 35.5. The van der Waals surface area contributed by atoms with E-state index in [0.717, 1.165) is 16.8 Å².